The normalized spacial score (nSPS) is 10.6. The van der Waals surface area contributed by atoms with Crippen LogP contribution in [0.3, 0.4) is 0 Å². The van der Waals surface area contributed by atoms with Crippen molar-refractivity contribution < 1.29 is 4.79 Å². The number of aromatic nitrogens is 2. The van der Waals surface area contributed by atoms with Crippen molar-refractivity contribution in [3.8, 4) is 0 Å². The zero-order valence-electron chi connectivity index (χ0n) is 10.5. The fraction of sp³-hybridized carbons (Fsp3) is 0.0667. The molecule has 0 saturated heterocycles. The van der Waals surface area contributed by atoms with Crippen LogP contribution in [-0.2, 0) is 0 Å². The second-order valence-electron chi connectivity index (χ2n) is 4.42. The quantitative estimate of drug-likeness (QED) is 0.735. The first-order chi connectivity index (χ1) is 9.24. The summed E-state index contributed by atoms with van der Waals surface area (Å²) in [6.07, 6.45) is 3.44. The van der Waals surface area contributed by atoms with Gasteiger partial charge in [-0.3, -0.25) is 4.79 Å². The van der Waals surface area contributed by atoms with E-state index in [4.69, 9.17) is 0 Å². The zero-order chi connectivity index (χ0) is 13.2. The molecule has 3 rings (SSSR count). The third-order valence-corrected chi connectivity index (χ3v) is 2.99. The summed E-state index contributed by atoms with van der Waals surface area (Å²) in [6.45, 7) is 1.96. The van der Waals surface area contributed by atoms with Gasteiger partial charge < -0.3 is 10.3 Å². The second-order valence-corrected chi connectivity index (χ2v) is 4.42. The van der Waals surface area contributed by atoms with Gasteiger partial charge in [-0.1, -0.05) is 24.3 Å². The van der Waals surface area contributed by atoms with E-state index in [1.54, 1.807) is 18.5 Å². The van der Waals surface area contributed by atoms with Gasteiger partial charge in [-0.15, -0.1) is 0 Å². The molecule has 19 heavy (non-hydrogen) atoms. The summed E-state index contributed by atoms with van der Waals surface area (Å²) < 4.78 is 0. The Kier molecular flexibility index (Phi) is 2.76. The Morgan fingerprint density at radius 3 is 2.84 bits per heavy atom. The van der Waals surface area contributed by atoms with Gasteiger partial charge in [-0.05, 0) is 24.6 Å². The highest BCUT2D eigenvalue weighted by molar-refractivity contribution is 6.12. The molecular formula is C15H13N3O. The van der Waals surface area contributed by atoms with E-state index in [9.17, 15) is 4.79 Å². The van der Waals surface area contributed by atoms with Crippen molar-refractivity contribution >= 4 is 22.6 Å². The fourth-order valence-electron chi connectivity index (χ4n) is 1.98. The average molecular weight is 251 g/mol. The van der Waals surface area contributed by atoms with E-state index in [1.807, 2.05) is 37.3 Å². The maximum atomic E-state index is 12.2. The third-order valence-electron chi connectivity index (χ3n) is 2.99. The predicted molar refractivity (Wildman–Crippen MR) is 75.2 cm³/mol. The number of nitrogens with zero attached hydrogens (tertiary/aromatic N) is 1. The lowest BCUT2D eigenvalue weighted by atomic mass is 10.1. The van der Waals surface area contributed by atoms with Gasteiger partial charge in [-0.2, -0.15) is 0 Å². The average Bonchev–Trinajstić information content (AvgIpc) is 2.85. The Hall–Kier alpha value is -2.62. The molecule has 0 saturated carbocycles. The summed E-state index contributed by atoms with van der Waals surface area (Å²) in [6, 6.07) is 11.4. The summed E-state index contributed by atoms with van der Waals surface area (Å²) >= 11 is 0. The smallest absolute Gasteiger partial charge is 0.258 e. The van der Waals surface area contributed by atoms with E-state index >= 15 is 0 Å². The number of rotatable bonds is 2. The highest BCUT2D eigenvalue weighted by atomic mass is 16.1. The van der Waals surface area contributed by atoms with Crippen LogP contribution in [0.15, 0.2) is 48.8 Å². The minimum Gasteiger partial charge on any atom is -0.360 e. The van der Waals surface area contributed by atoms with E-state index in [-0.39, 0.29) is 5.91 Å². The number of fused-ring (bicyclic) bond motifs is 1. The van der Waals surface area contributed by atoms with Crippen molar-refractivity contribution in [3.05, 3.63) is 59.9 Å². The van der Waals surface area contributed by atoms with Crippen LogP contribution in [0, 0.1) is 6.92 Å². The molecule has 1 aromatic carbocycles. The number of amides is 1. The van der Waals surface area contributed by atoms with E-state index in [1.165, 1.54) is 0 Å². The van der Waals surface area contributed by atoms with Gasteiger partial charge in [0.1, 0.15) is 5.82 Å². The number of hydrogen-bond acceptors (Lipinski definition) is 2. The highest BCUT2D eigenvalue weighted by Gasteiger charge is 2.11. The third kappa shape index (κ3) is 2.20. The Bertz CT molecular complexity index is 728. The van der Waals surface area contributed by atoms with Gasteiger partial charge in [0, 0.05) is 23.3 Å². The van der Waals surface area contributed by atoms with E-state index in [0.717, 1.165) is 16.5 Å². The molecule has 0 aliphatic carbocycles. The number of aryl methyl sites for hydroxylation is 1. The van der Waals surface area contributed by atoms with Gasteiger partial charge in [0.05, 0.1) is 5.56 Å². The summed E-state index contributed by atoms with van der Waals surface area (Å²) in [4.78, 5) is 19.5. The van der Waals surface area contributed by atoms with Crippen molar-refractivity contribution in [2.75, 3.05) is 5.32 Å². The first kappa shape index (κ1) is 11.5. The SMILES string of the molecule is Cc1ccc(NC(=O)c2c[nH]c3ccccc23)nc1. The topological polar surface area (TPSA) is 57.8 Å². The van der Waals surface area contributed by atoms with E-state index in [0.29, 0.717) is 11.4 Å². The number of para-hydroxylation sites is 1. The molecule has 0 unspecified atom stereocenters. The highest BCUT2D eigenvalue weighted by Crippen LogP contribution is 2.18. The molecular weight excluding hydrogens is 238 g/mol. The number of carbonyl (C=O) groups is 1. The molecule has 0 fully saturated rings. The molecule has 1 amide bonds. The second kappa shape index (κ2) is 4.57. The molecule has 3 aromatic rings. The minimum atomic E-state index is -0.159. The monoisotopic (exact) mass is 251 g/mol. The van der Waals surface area contributed by atoms with Crippen molar-refractivity contribution in [2.24, 2.45) is 0 Å². The fourth-order valence-corrected chi connectivity index (χ4v) is 1.98. The first-order valence-electron chi connectivity index (χ1n) is 6.04. The van der Waals surface area contributed by atoms with Crippen LogP contribution in [0.4, 0.5) is 5.82 Å². The summed E-state index contributed by atoms with van der Waals surface area (Å²) in [5.74, 6) is 0.398. The molecule has 0 radical (unpaired) electrons. The van der Waals surface area contributed by atoms with Crippen LogP contribution in [-0.4, -0.2) is 15.9 Å². The lowest BCUT2D eigenvalue weighted by molar-refractivity contribution is 0.102. The van der Waals surface area contributed by atoms with Crippen molar-refractivity contribution in [2.45, 2.75) is 6.92 Å². The predicted octanol–water partition coefficient (Wildman–Crippen LogP) is 3.12. The van der Waals surface area contributed by atoms with Crippen LogP contribution in [0.2, 0.25) is 0 Å². The number of benzene rings is 1. The Labute approximate surface area is 110 Å². The number of nitrogens with one attached hydrogen (secondary N) is 2. The van der Waals surface area contributed by atoms with Gasteiger partial charge in [-0.25, -0.2) is 4.98 Å². The molecule has 0 bridgehead atoms. The molecule has 2 heterocycles. The largest absolute Gasteiger partial charge is 0.360 e. The van der Waals surface area contributed by atoms with Crippen LogP contribution >= 0.6 is 0 Å². The van der Waals surface area contributed by atoms with E-state index in [2.05, 4.69) is 15.3 Å². The maximum absolute atomic E-state index is 12.2. The maximum Gasteiger partial charge on any atom is 0.258 e. The number of pyridine rings is 1. The molecule has 4 heteroatoms. The molecule has 0 aliphatic rings. The standard InChI is InChI=1S/C15H13N3O/c1-10-6-7-14(17-8-10)18-15(19)12-9-16-13-5-3-2-4-11(12)13/h2-9,16H,1H3,(H,17,18,19). The number of anilines is 1. The van der Waals surface area contributed by atoms with Gasteiger partial charge in [0.2, 0.25) is 0 Å². The van der Waals surface area contributed by atoms with Crippen LogP contribution in [0.1, 0.15) is 15.9 Å². The number of aromatic amines is 1. The number of hydrogen-bond donors (Lipinski definition) is 2. The number of H-pyrrole nitrogens is 1. The van der Waals surface area contributed by atoms with Gasteiger partial charge in [0.15, 0.2) is 0 Å². The van der Waals surface area contributed by atoms with Gasteiger partial charge >= 0.3 is 0 Å². The summed E-state index contributed by atoms with van der Waals surface area (Å²) in [5, 5.41) is 3.70. The Morgan fingerprint density at radius 2 is 2.05 bits per heavy atom. The lowest BCUT2D eigenvalue weighted by Crippen LogP contribution is -2.12. The van der Waals surface area contributed by atoms with Crippen LogP contribution < -0.4 is 5.32 Å². The number of carbonyl (C=O) groups excluding carboxylic acids is 1. The molecule has 2 aromatic heterocycles. The van der Waals surface area contributed by atoms with Crippen molar-refractivity contribution in [1.29, 1.82) is 0 Å². The Morgan fingerprint density at radius 1 is 1.21 bits per heavy atom. The van der Waals surface area contributed by atoms with Crippen LogP contribution in [0.5, 0.6) is 0 Å². The molecule has 2 N–H and O–H groups in total. The summed E-state index contributed by atoms with van der Waals surface area (Å²) in [5.41, 5.74) is 2.63. The van der Waals surface area contributed by atoms with E-state index < -0.39 is 0 Å². The van der Waals surface area contributed by atoms with Crippen LogP contribution in [0.25, 0.3) is 10.9 Å². The summed E-state index contributed by atoms with van der Waals surface area (Å²) in [7, 11) is 0. The minimum absolute atomic E-state index is 0.159. The molecule has 0 spiro atoms. The van der Waals surface area contributed by atoms with Crippen molar-refractivity contribution in [3.63, 3.8) is 0 Å². The first-order valence-corrected chi connectivity index (χ1v) is 6.04. The zero-order valence-corrected chi connectivity index (χ0v) is 10.5. The Balaban J connectivity index is 1.90. The molecule has 0 aliphatic heterocycles. The lowest BCUT2D eigenvalue weighted by Gasteiger charge is -2.03. The molecule has 0 atom stereocenters. The van der Waals surface area contributed by atoms with Gasteiger partial charge in [0.25, 0.3) is 5.91 Å². The molecule has 4 nitrogen and oxygen atoms in total. The van der Waals surface area contributed by atoms with Crippen molar-refractivity contribution in [1.82, 2.24) is 9.97 Å². The molecule has 94 valence electrons.